The molecule has 1 aliphatic rings. The molecule has 1 atom stereocenters. The summed E-state index contributed by atoms with van der Waals surface area (Å²) in [6.45, 7) is 1.15. The lowest BCUT2D eigenvalue weighted by Gasteiger charge is -2.30. The van der Waals surface area contributed by atoms with Crippen LogP contribution < -0.4 is 9.47 Å². The number of ether oxygens (including phenoxy) is 2. The molecule has 132 valence electrons. The molecule has 0 unspecified atom stereocenters. The highest BCUT2D eigenvalue weighted by atomic mass is 32.1. The molecule has 0 fully saturated rings. The molecule has 0 radical (unpaired) electrons. The number of thiophene rings is 1. The zero-order chi connectivity index (χ0) is 17.8. The number of hydrogen-bond acceptors (Lipinski definition) is 5. The minimum atomic E-state index is -0.660. The third kappa shape index (κ3) is 3.70. The van der Waals surface area contributed by atoms with Crippen molar-refractivity contribution < 1.29 is 14.3 Å². The second kappa shape index (κ2) is 7.58. The number of hydrogen-bond donors (Lipinski definition) is 0. The molecule has 6 heteroatoms. The Morgan fingerprint density at radius 1 is 1.12 bits per heavy atom. The Balaban J connectivity index is 1.54. The maximum Gasteiger partial charge on any atom is 0.267 e. The number of carbonyl (C=O) groups excluding carboxylic acids is 1. The second-order valence-electron chi connectivity index (χ2n) is 6.01. The summed E-state index contributed by atoms with van der Waals surface area (Å²) >= 11 is 1.62. The van der Waals surface area contributed by atoms with Crippen molar-refractivity contribution in [2.24, 2.45) is 0 Å². The van der Waals surface area contributed by atoms with Gasteiger partial charge in [0.25, 0.3) is 5.91 Å². The maximum absolute atomic E-state index is 13.1. The fourth-order valence-corrected chi connectivity index (χ4v) is 3.51. The molecule has 4 rings (SSSR count). The first kappa shape index (κ1) is 16.6. The van der Waals surface area contributed by atoms with Gasteiger partial charge in [-0.1, -0.05) is 18.2 Å². The number of fused-ring (bicyclic) bond motifs is 1. The lowest BCUT2D eigenvalue weighted by Crippen LogP contribution is -2.45. The molecule has 1 aliphatic heterocycles. The predicted octanol–water partition coefficient (Wildman–Crippen LogP) is 3.51. The molecular formula is C20H18N2O3S. The third-order valence-corrected chi connectivity index (χ3v) is 4.86. The Morgan fingerprint density at radius 3 is 2.73 bits per heavy atom. The minimum absolute atomic E-state index is 0.101. The van der Waals surface area contributed by atoms with Gasteiger partial charge in [-0.15, -0.1) is 0 Å². The quantitative estimate of drug-likeness (QED) is 0.693. The topological polar surface area (TPSA) is 51.7 Å². The van der Waals surface area contributed by atoms with Gasteiger partial charge in [-0.2, -0.15) is 11.3 Å². The summed E-state index contributed by atoms with van der Waals surface area (Å²) in [5, 5.41) is 4.06. The number of pyridine rings is 1. The number of amides is 1. The lowest BCUT2D eigenvalue weighted by atomic mass is 10.2. The Labute approximate surface area is 155 Å². The molecular weight excluding hydrogens is 348 g/mol. The first-order valence-electron chi connectivity index (χ1n) is 8.38. The van der Waals surface area contributed by atoms with Crippen molar-refractivity contribution in [2.45, 2.75) is 19.2 Å². The molecule has 0 spiro atoms. The number of nitrogens with zero attached hydrogens (tertiary/aromatic N) is 2. The van der Waals surface area contributed by atoms with Crippen LogP contribution in [0.2, 0.25) is 0 Å². The van der Waals surface area contributed by atoms with E-state index in [2.05, 4.69) is 4.98 Å². The molecule has 0 bridgehead atoms. The summed E-state index contributed by atoms with van der Waals surface area (Å²) in [4.78, 5) is 19.3. The summed E-state index contributed by atoms with van der Waals surface area (Å²) in [6, 6.07) is 15.1. The maximum atomic E-state index is 13.1. The average molecular weight is 366 g/mol. The summed E-state index contributed by atoms with van der Waals surface area (Å²) < 4.78 is 11.6. The average Bonchev–Trinajstić information content (AvgIpc) is 3.20. The predicted molar refractivity (Wildman–Crippen MR) is 99.2 cm³/mol. The van der Waals surface area contributed by atoms with E-state index >= 15 is 0 Å². The summed E-state index contributed by atoms with van der Waals surface area (Å²) in [5.74, 6) is 1.17. The van der Waals surface area contributed by atoms with E-state index in [1.807, 2.05) is 59.3 Å². The minimum Gasteiger partial charge on any atom is -0.485 e. The Morgan fingerprint density at radius 2 is 1.96 bits per heavy atom. The van der Waals surface area contributed by atoms with Gasteiger partial charge >= 0.3 is 0 Å². The van der Waals surface area contributed by atoms with Gasteiger partial charge < -0.3 is 14.4 Å². The van der Waals surface area contributed by atoms with Crippen molar-refractivity contribution in [1.82, 2.24) is 9.88 Å². The van der Waals surface area contributed by atoms with Crippen molar-refractivity contribution in [2.75, 3.05) is 6.61 Å². The normalized spacial score (nSPS) is 15.5. The smallest absolute Gasteiger partial charge is 0.267 e. The van der Waals surface area contributed by atoms with Crippen LogP contribution in [0.3, 0.4) is 0 Å². The number of rotatable bonds is 5. The van der Waals surface area contributed by atoms with Gasteiger partial charge in [0.05, 0.1) is 12.2 Å². The molecule has 0 saturated heterocycles. The Kier molecular flexibility index (Phi) is 4.84. The van der Waals surface area contributed by atoms with E-state index < -0.39 is 6.10 Å². The molecule has 5 nitrogen and oxygen atoms in total. The zero-order valence-corrected chi connectivity index (χ0v) is 14.9. The fraction of sp³-hybridized carbons (Fsp3) is 0.200. The van der Waals surface area contributed by atoms with Gasteiger partial charge in [0.1, 0.15) is 6.61 Å². The van der Waals surface area contributed by atoms with E-state index in [-0.39, 0.29) is 12.5 Å². The highest BCUT2D eigenvalue weighted by molar-refractivity contribution is 7.07. The SMILES string of the molecule is O=C([C@H]1COc2ccccc2O1)N(Cc1ccsc1)Cc1ccccn1. The van der Waals surface area contributed by atoms with Crippen molar-refractivity contribution in [3.8, 4) is 11.5 Å². The van der Waals surface area contributed by atoms with E-state index in [1.54, 1.807) is 22.4 Å². The van der Waals surface area contributed by atoms with Crippen LogP contribution in [0, 0.1) is 0 Å². The molecule has 0 N–H and O–H groups in total. The summed E-state index contributed by atoms with van der Waals surface area (Å²) in [6.07, 6.45) is 1.08. The Hall–Kier alpha value is -2.86. The van der Waals surface area contributed by atoms with Crippen LogP contribution in [0.5, 0.6) is 11.5 Å². The van der Waals surface area contributed by atoms with Gasteiger partial charge in [-0.3, -0.25) is 9.78 Å². The van der Waals surface area contributed by atoms with Crippen LogP contribution >= 0.6 is 11.3 Å². The monoisotopic (exact) mass is 366 g/mol. The molecule has 0 saturated carbocycles. The fourth-order valence-electron chi connectivity index (χ4n) is 2.85. The van der Waals surface area contributed by atoms with Crippen LogP contribution in [0.1, 0.15) is 11.3 Å². The molecule has 3 aromatic rings. The van der Waals surface area contributed by atoms with E-state index in [1.165, 1.54) is 0 Å². The largest absolute Gasteiger partial charge is 0.485 e. The van der Waals surface area contributed by atoms with Crippen LogP contribution in [0.25, 0.3) is 0 Å². The van der Waals surface area contributed by atoms with Gasteiger partial charge in [0, 0.05) is 12.7 Å². The van der Waals surface area contributed by atoms with Gasteiger partial charge in [0.15, 0.2) is 11.5 Å². The van der Waals surface area contributed by atoms with E-state index in [0.29, 0.717) is 24.6 Å². The molecule has 0 aliphatic carbocycles. The second-order valence-corrected chi connectivity index (χ2v) is 6.79. The van der Waals surface area contributed by atoms with Crippen LogP contribution in [-0.2, 0) is 17.9 Å². The Bertz CT molecular complexity index is 868. The number of carbonyl (C=O) groups is 1. The summed E-state index contributed by atoms with van der Waals surface area (Å²) in [5.41, 5.74) is 1.93. The molecule has 1 amide bonds. The van der Waals surface area contributed by atoms with Crippen LogP contribution in [0.4, 0.5) is 0 Å². The number of aromatic nitrogens is 1. The van der Waals surface area contributed by atoms with Gasteiger partial charge in [-0.25, -0.2) is 0 Å². The van der Waals surface area contributed by atoms with Crippen molar-refractivity contribution in [1.29, 1.82) is 0 Å². The first-order valence-corrected chi connectivity index (χ1v) is 9.32. The van der Waals surface area contributed by atoms with Crippen molar-refractivity contribution in [3.05, 3.63) is 76.7 Å². The van der Waals surface area contributed by atoms with E-state index in [0.717, 1.165) is 11.3 Å². The van der Waals surface area contributed by atoms with E-state index in [9.17, 15) is 4.79 Å². The summed E-state index contributed by atoms with van der Waals surface area (Å²) in [7, 11) is 0. The zero-order valence-electron chi connectivity index (χ0n) is 14.1. The van der Waals surface area contributed by atoms with Gasteiger partial charge in [0.2, 0.25) is 6.10 Å². The molecule has 1 aromatic carbocycles. The number of para-hydroxylation sites is 2. The number of benzene rings is 1. The van der Waals surface area contributed by atoms with Gasteiger partial charge in [-0.05, 0) is 46.7 Å². The van der Waals surface area contributed by atoms with E-state index in [4.69, 9.17) is 9.47 Å². The first-order chi connectivity index (χ1) is 12.8. The molecule has 2 aromatic heterocycles. The highest BCUT2D eigenvalue weighted by Crippen LogP contribution is 2.31. The molecule has 26 heavy (non-hydrogen) atoms. The van der Waals surface area contributed by atoms with Crippen LogP contribution in [0.15, 0.2) is 65.5 Å². The third-order valence-electron chi connectivity index (χ3n) is 4.13. The lowest BCUT2D eigenvalue weighted by molar-refractivity contribution is -0.142. The van der Waals surface area contributed by atoms with Crippen molar-refractivity contribution in [3.63, 3.8) is 0 Å². The molecule has 3 heterocycles. The van der Waals surface area contributed by atoms with Crippen LogP contribution in [-0.4, -0.2) is 28.5 Å². The van der Waals surface area contributed by atoms with Crippen molar-refractivity contribution >= 4 is 17.2 Å². The standard InChI is InChI=1S/C20H18N2O3S/c23-20(19-13-24-17-6-1-2-7-18(17)25-19)22(11-15-8-10-26-14-15)12-16-5-3-4-9-21-16/h1-10,14,19H,11-13H2/t19-/m1/s1. The highest BCUT2D eigenvalue weighted by Gasteiger charge is 2.31.